The van der Waals surface area contributed by atoms with E-state index < -0.39 is 28.5 Å². The van der Waals surface area contributed by atoms with Gasteiger partial charge in [-0.15, -0.1) is 0 Å². The predicted molar refractivity (Wildman–Crippen MR) is 167 cm³/mol. The largest absolute Gasteiger partial charge is 0.357 e. The molecule has 1 unspecified atom stereocenters. The van der Waals surface area contributed by atoms with E-state index in [2.05, 4.69) is 5.32 Å². The molecule has 4 rings (SSSR count). The number of nitrogens with zero attached hydrogens (tertiary/aromatic N) is 2. The third-order valence-corrected chi connectivity index (χ3v) is 9.05. The zero-order valence-electron chi connectivity index (χ0n) is 23.8. The van der Waals surface area contributed by atoms with Crippen LogP contribution >= 0.6 is 11.6 Å². The number of likely N-dealkylation sites (N-methyl/N-ethyl adjacent to an activating group) is 1. The number of aryl methyl sites for hydroxylation is 2. The maximum atomic E-state index is 14.3. The third-order valence-electron chi connectivity index (χ3n) is 7.04. The van der Waals surface area contributed by atoms with E-state index in [0.717, 1.165) is 21.0 Å². The van der Waals surface area contributed by atoms with Crippen LogP contribution in [0.3, 0.4) is 0 Å². The molecule has 7 nitrogen and oxygen atoms in total. The standard InChI is InChI=1S/C33H34ClN3O4S/c1-24-14-18-29(19-15-24)42(40,41)37(30-21-28(34)17-16-25(30)2)23-32(38)36(22-27-12-8-5-9-13-27)31(33(39)35-3)20-26-10-6-4-7-11-26/h4-19,21,31H,20,22-23H2,1-3H3,(H,35,39). The average molecular weight is 604 g/mol. The molecule has 0 aromatic heterocycles. The molecule has 0 heterocycles. The lowest BCUT2D eigenvalue weighted by atomic mass is 10.0. The lowest BCUT2D eigenvalue weighted by molar-refractivity contribution is -0.139. The van der Waals surface area contributed by atoms with Gasteiger partial charge in [-0.05, 0) is 54.8 Å². The fourth-order valence-corrected chi connectivity index (χ4v) is 6.34. The number of hydrogen-bond acceptors (Lipinski definition) is 4. The molecular weight excluding hydrogens is 570 g/mol. The van der Waals surface area contributed by atoms with Gasteiger partial charge in [0.2, 0.25) is 11.8 Å². The van der Waals surface area contributed by atoms with Gasteiger partial charge in [-0.2, -0.15) is 0 Å². The molecule has 4 aromatic rings. The maximum Gasteiger partial charge on any atom is 0.264 e. The fraction of sp³-hybridized carbons (Fsp3) is 0.212. The van der Waals surface area contributed by atoms with Crippen LogP contribution < -0.4 is 9.62 Å². The van der Waals surface area contributed by atoms with Crippen LogP contribution in [0.5, 0.6) is 0 Å². The molecule has 1 atom stereocenters. The summed E-state index contributed by atoms with van der Waals surface area (Å²) in [6.07, 6.45) is 0.250. The molecule has 0 fully saturated rings. The highest BCUT2D eigenvalue weighted by atomic mass is 35.5. The number of rotatable bonds is 11. The molecule has 0 bridgehead atoms. The first kappa shape index (κ1) is 30.8. The van der Waals surface area contributed by atoms with E-state index in [-0.39, 0.29) is 29.5 Å². The molecule has 0 radical (unpaired) electrons. The number of halogens is 1. The second-order valence-electron chi connectivity index (χ2n) is 10.1. The van der Waals surface area contributed by atoms with Crippen LogP contribution in [0, 0.1) is 13.8 Å². The Bertz CT molecular complexity index is 1630. The molecule has 0 spiro atoms. The smallest absolute Gasteiger partial charge is 0.264 e. The molecule has 4 aromatic carbocycles. The number of anilines is 1. The third kappa shape index (κ3) is 7.38. The highest BCUT2D eigenvalue weighted by Crippen LogP contribution is 2.30. The number of carbonyl (C=O) groups is 2. The van der Waals surface area contributed by atoms with Crippen molar-refractivity contribution in [3.63, 3.8) is 0 Å². The van der Waals surface area contributed by atoms with Gasteiger partial charge in [-0.1, -0.05) is 96.0 Å². The second-order valence-corrected chi connectivity index (χ2v) is 12.4. The first-order valence-electron chi connectivity index (χ1n) is 13.5. The zero-order valence-corrected chi connectivity index (χ0v) is 25.4. The van der Waals surface area contributed by atoms with Crippen molar-refractivity contribution in [3.8, 4) is 0 Å². The van der Waals surface area contributed by atoms with Gasteiger partial charge in [0.05, 0.1) is 10.6 Å². The van der Waals surface area contributed by atoms with Crippen molar-refractivity contribution in [3.05, 3.63) is 130 Å². The number of sulfonamides is 1. The van der Waals surface area contributed by atoms with Crippen LogP contribution in [0.4, 0.5) is 5.69 Å². The van der Waals surface area contributed by atoms with Crippen LogP contribution in [0.1, 0.15) is 22.3 Å². The summed E-state index contributed by atoms with van der Waals surface area (Å²) in [7, 11) is -2.67. The molecule has 0 aliphatic heterocycles. The van der Waals surface area contributed by atoms with E-state index in [1.165, 1.54) is 30.1 Å². The summed E-state index contributed by atoms with van der Waals surface area (Å²) >= 11 is 6.32. The van der Waals surface area contributed by atoms with Crippen molar-refractivity contribution in [2.75, 3.05) is 17.9 Å². The van der Waals surface area contributed by atoms with Crippen molar-refractivity contribution in [1.29, 1.82) is 0 Å². The van der Waals surface area contributed by atoms with E-state index in [1.54, 1.807) is 31.2 Å². The van der Waals surface area contributed by atoms with Gasteiger partial charge in [0.1, 0.15) is 12.6 Å². The van der Waals surface area contributed by atoms with E-state index in [9.17, 15) is 18.0 Å². The number of benzene rings is 4. The topological polar surface area (TPSA) is 86.8 Å². The number of nitrogens with one attached hydrogen (secondary N) is 1. The van der Waals surface area contributed by atoms with Gasteiger partial charge in [0.15, 0.2) is 0 Å². The Labute approximate surface area is 252 Å². The lowest BCUT2D eigenvalue weighted by Crippen LogP contribution is -2.53. The average Bonchev–Trinajstić information content (AvgIpc) is 2.99. The lowest BCUT2D eigenvalue weighted by Gasteiger charge is -2.34. The molecular formula is C33H34ClN3O4S. The van der Waals surface area contributed by atoms with Gasteiger partial charge in [0.25, 0.3) is 10.0 Å². The molecule has 42 heavy (non-hydrogen) atoms. The zero-order chi connectivity index (χ0) is 30.3. The summed E-state index contributed by atoms with van der Waals surface area (Å²) in [5, 5.41) is 3.02. The minimum Gasteiger partial charge on any atom is -0.357 e. The van der Waals surface area contributed by atoms with Crippen molar-refractivity contribution in [2.45, 2.75) is 37.8 Å². The Morgan fingerprint density at radius 3 is 2.02 bits per heavy atom. The van der Waals surface area contributed by atoms with Crippen molar-refractivity contribution in [1.82, 2.24) is 10.2 Å². The first-order chi connectivity index (χ1) is 20.1. The van der Waals surface area contributed by atoms with Gasteiger partial charge < -0.3 is 10.2 Å². The monoisotopic (exact) mass is 603 g/mol. The van der Waals surface area contributed by atoms with Crippen LogP contribution in [-0.4, -0.2) is 44.8 Å². The Balaban J connectivity index is 1.81. The van der Waals surface area contributed by atoms with Crippen molar-refractivity contribution >= 4 is 39.1 Å². The van der Waals surface area contributed by atoms with Crippen LogP contribution in [0.2, 0.25) is 5.02 Å². The van der Waals surface area contributed by atoms with Crippen molar-refractivity contribution in [2.24, 2.45) is 0 Å². The van der Waals surface area contributed by atoms with E-state index >= 15 is 0 Å². The predicted octanol–water partition coefficient (Wildman–Crippen LogP) is 5.54. The van der Waals surface area contributed by atoms with E-state index in [0.29, 0.717) is 10.6 Å². The Morgan fingerprint density at radius 1 is 0.833 bits per heavy atom. The maximum absolute atomic E-state index is 14.3. The summed E-state index contributed by atoms with van der Waals surface area (Å²) in [4.78, 5) is 29.1. The fourth-order valence-electron chi connectivity index (χ4n) is 4.70. The Hall–Kier alpha value is -4.14. The molecule has 0 saturated carbocycles. The summed E-state index contributed by atoms with van der Waals surface area (Å²) in [5.74, 6) is -0.881. The number of amides is 2. The van der Waals surface area contributed by atoms with E-state index in [4.69, 9.17) is 11.6 Å². The molecule has 0 aliphatic carbocycles. The summed E-state index contributed by atoms with van der Waals surface area (Å²) in [6.45, 7) is 3.20. The molecule has 0 saturated heterocycles. The minimum atomic E-state index is -4.20. The van der Waals surface area contributed by atoms with Gasteiger partial charge in [-0.3, -0.25) is 13.9 Å². The number of hydrogen-bond donors (Lipinski definition) is 1. The van der Waals surface area contributed by atoms with E-state index in [1.807, 2.05) is 67.6 Å². The Morgan fingerprint density at radius 2 is 1.43 bits per heavy atom. The van der Waals surface area contributed by atoms with Gasteiger partial charge in [-0.25, -0.2) is 8.42 Å². The molecule has 9 heteroatoms. The second kappa shape index (κ2) is 13.7. The highest BCUT2D eigenvalue weighted by Gasteiger charge is 2.34. The normalized spacial score (nSPS) is 11.9. The minimum absolute atomic E-state index is 0.0435. The van der Waals surface area contributed by atoms with Crippen LogP contribution in [-0.2, 0) is 32.6 Å². The number of carbonyl (C=O) groups excluding carboxylic acids is 2. The first-order valence-corrected chi connectivity index (χ1v) is 15.4. The van der Waals surface area contributed by atoms with Gasteiger partial charge >= 0.3 is 0 Å². The molecule has 1 N–H and O–H groups in total. The summed E-state index contributed by atoms with van der Waals surface area (Å²) < 4.78 is 29.3. The Kier molecular flexibility index (Phi) is 10.0. The summed E-state index contributed by atoms with van der Waals surface area (Å²) in [6, 6.07) is 29.2. The van der Waals surface area contributed by atoms with Crippen LogP contribution in [0.15, 0.2) is 108 Å². The highest BCUT2D eigenvalue weighted by molar-refractivity contribution is 7.92. The SMILES string of the molecule is CNC(=O)C(Cc1ccccc1)N(Cc1ccccc1)C(=O)CN(c1cc(Cl)ccc1C)S(=O)(=O)c1ccc(C)cc1. The van der Waals surface area contributed by atoms with Crippen LogP contribution in [0.25, 0.3) is 0 Å². The molecule has 218 valence electrons. The van der Waals surface area contributed by atoms with Crippen molar-refractivity contribution < 1.29 is 18.0 Å². The quantitative estimate of drug-likeness (QED) is 0.244. The summed E-state index contributed by atoms with van der Waals surface area (Å²) in [5.41, 5.74) is 3.49. The van der Waals surface area contributed by atoms with Gasteiger partial charge in [0, 0.05) is 25.0 Å². The molecule has 0 aliphatic rings. The molecule has 2 amide bonds.